The van der Waals surface area contributed by atoms with Gasteiger partial charge in [-0.1, -0.05) is 31.2 Å². The summed E-state index contributed by atoms with van der Waals surface area (Å²) >= 11 is 0. The summed E-state index contributed by atoms with van der Waals surface area (Å²) in [5.41, 5.74) is 4.12. The van der Waals surface area contributed by atoms with Gasteiger partial charge in [-0.05, 0) is 42.3 Å². The standard InChI is InChI=1S/C24H21N3O2/c1-4-14-8-7-10-16-22(14)25-19-12-18-21(13-17(19)24(16)29)27(26(2)3)20-11-6-5-9-15(20)23(18)28/h5-13H,4H2,1-3H3,(H,25,29). The molecule has 144 valence electrons. The lowest BCUT2D eigenvalue weighted by atomic mass is 10.0. The number of rotatable bonds is 2. The number of hydrogen-bond donors (Lipinski definition) is 1. The fraction of sp³-hybridized carbons (Fsp3) is 0.167. The zero-order valence-electron chi connectivity index (χ0n) is 16.6. The minimum absolute atomic E-state index is 0.0168. The number of fused-ring (bicyclic) bond motifs is 4. The van der Waals surface area contributed by atoms with Crippen LogP contribution >= 0.6 is 0 Å². The van der Waals surface area contributed by atoms with Gasteiger partial charge in [-0.3, -0.25) is 14.3 Å². The molecular weight excluding hydrogens is 362 g/mol. The Bertz CT molecular complexity index is 1560. The van der Waals surface area contributed by atoms with Crippen molar-refractivity contribution in [1.29, 1.82) is 0 Å². The topological polar surface area (TPSA) is 58.1 Å². The van der Waals surface area contributed by atoms with Crippen LogP contribution in [0.1, 0.15) is 12.5 Å². The minimum atomic E-state index is -0.0275. The molecule has 0 saturated carbocycles. The van der Waals surface area contributed by atoms with E-state index >= 15 is 0 Å². The zero-order valence-corrected chi connectivity index (χ0v) is 16.6. The molecule has 0 unspecified atom stereocenters. The Morgan fingerprint density at radius 3 is 2.31 bits per heavy atom. The summed E-state index contributed by atoms with van der Waals surface area (Å²) in [6, 6.07) is 17.0. The van der Waals surface area contributed by atoms with Gasteiger partial charge in [-0.2, -0.15) is 0 Å². The molecule has 3 aromatic carbocycles. The zero-order chi connectivity index (χ0) is 20.3. The van der Waals surface area contributed by atoms with E-state index in [9.17, 15) is 9.59 Å². The van der Waals surface area contributed by atoms with E-state index in [2.05, 4.69) is 11.9 Å². The average Bonchev–Trinajstić information content (AvgIpc) is 2.73. The summed E-state index contributed by atoms with van der Waals surface area (Å²) in [5.74, 6) is 0. The molecule has 5 rings (SSSR count). The number of aromatic nitrogens is 2. The van der Waals surface area contributed by atoms with Gasteiger partial charge in [-0.15, -0.1) is 0 Å². The summed E-state index contributed by atoms with van der Waals surface area (Å²) in [4.78, 5) is 30.0. The molecule has 0 aliphatic heterocycles. The highest BCUT2D eigenvalue weighted by atomic mass is 16.1. The van der Waals surface area contributed by atoms with Crippen molar-refractivity contribution >= 4 is 43.6 Å². The fourth-order valence-electron chi connectivity index (χ4n) is 4.30. The number of aryl methyl sites for hydroxylation is 1. The number of pyridine rings is 2. The molecule has 0 aliphatic rings. The lowest BCUT2D eigenvalue weighted by Gasteiger charge is -2.23. The van der Waals surface area contributed by atoms with Gasteiger partial charge in [0, 0.05) is 30.3 Å². The van der Waals surface area contributed by atoms with Crippen molar-refractivity contribution in [2.75, 3.05) is 19.1 Å². The molecule has 0 atom stereocenters. The molecule has 0 radical (unpaired) electrons. The molecule has 0 bridgehead atoms. The first-order valence-corrected chi connectivity index (χ1v) is 9.74. The predicted molar refractivity (Wildman–Crippen MR) is 121 cm³/mol. The quantitative estimate of drug-likeness (QED) is 0.470. The summed E-state index contributed by atoms with van der Waals surface area (Å²) in [6.07, 6.45) is 0.824. The van der Waals surface area contributed by atoms with Gasteiger partial charge >= 0.3 is 0 Å². The molecule has 29 heavy (non-hydrogen) atoms. The highest BCUT2D eigenvalue weighted by molar-refractivity contribution is 6.03. The number of aromatic amines is 1. The molecule has 0 saturated heterocycles. The molecule has 2 heterocycles. The van der Waals surface area contributed by atoms with Crippen LogP contribution in [-0.2, 0) is 6.42 Å². The number of benzene rings is 3. The van der Waals surface area contributed by atoms with Crippen molar-refractivity contribution in [3.8, 4) is 0 Å². The maximum Gasteiger partial charge on any atom is 0.197 e. The molecule has 5 nitrogen and oxygen atoms in total. The molecule has 1 N–H and O–H groups in total. The fourth-order valence-corrected chi connectivity index (χ4v) is 4.30. The van der Waals surface area contributed by atoms with Crippen molar-refractivity contribution in [1.82, 2.24) is 9.66 Å². The van der Waals surface area contributed by atoms with Crippen molar-refractivity contribution in [2.24, 2.45) is 0 Å². The largest absolute Gasteiger partial charge is 0.354 e. The number of H-pyrrole nitrogens is 1. The van der Waals surface area contributed by atoms with E-state index < -0.39 is 0 Å². The first-order valence-electron chi connectivity index (χ1n) is 9.74. The van der Waals surface area contributed by atoms with Crippen LogP contribution in [0.4, 0.5) is 0 Å². The SMILES string of the molecule is CCc1cccc2c(=O)c3cc4c(cc3[nH]c12)c(=O)c1ccccc1n4N(C)C. The third kappa shape index (κ3) is 2.40. The monoisotopic (exact) mass is 383 g/mol. The van der Waals surface area contributed by atoms with Crippen LogP contribution in [0.15, 0.2) is 64.2 Å². The summed E-state index contributed by atoms with van der Waals surface area (Å²) in [5, 5.41) is 4.44. The van der Waals surface area contributed by atoms with Gasteiger partial charge in [0.2, 0.25) is 0 Å². The van der Waals surface area contributed by atoms with Gasteiger partial charge in [-0.25, -0.2) is 0 Å². The Labute approximate surface area is 166 Å². The predicted octanol–water partition coefficient (Wildman–Crippen LogP) is 3.91. The molecule has 0 aliphatic carbocycles. The molecule has 5 heteroatoms. The second kappa shape index (κ2) is 6.21. The third-order valence-corrected chi connectivity index (χ3v) is 5.67. The van der Waals surface area contributed by atoms with Crippen LogP contribution in [0.5, 0.6) is 0 Å². The van der Waals surface area contributed by atoms with Crippen LogP contribution in [0.2, 0.25) is 0 Å². The van der Waals surface area contributed by atoms with Crippen molar-refractivity contribution < 1.29 is 0 Å². The van der Waals surface area contributed by atoms with Crippen LogP contribution in [0.25, 0.3) is 43.6 Å². The van der Waals surface area contributed by atoms with E-state index in [1.807, 2.05) is 78.4 Å². The molecule has 0 fully saturated rings. The molecule has 2 aromatic heterocycles. The lowest BCUT2D eigenvalue weighted by Crippen LogP contribution is -2.28. The first kappa shape index (κ1) is 17.5. The number of hydrogen-bond acceptors (Lipinski definition) is 3. The average molecular weight is 383 g/mol. The second-order valence-corrected chi connectivity index (χ2v) is 7.57. The lowest BCUT2D eigenvalue weighted by molar-refractivity contribution is 0.783. The van der Waals surface area contributed by atoms with E-state index in [1.165, 1.54) is 0 Å². The number of nitrogens with one attached hydrogen (secondary N) is 1. The molecule has 0 amide bonds. The molecule has 5 aromatic rings. The highest BCUT2D eigenvalue weighted by Crippen LogP contribution is 2.25. The highest BCUT2D eigenvalue weighted by Gasteiger charge is 2.15. The smallest absolute Gasteiger partial charge is 0.197 e. The van der Waals surface area contributed by atoms with E-state index in [4.69, 9.17) is 0 Å². The Kier molecular flexibility index (Phi) is 3.74. The Balaban J connectivity index is 2.06. The van der Waals surface area contributed by atoms with Crippen LogP contribution in [-0.4, -0.2) is 23.8 Å². The van der Waals surface area contributed by atoms with Crippen molar-refractivity contribution in [3.63, 3.8) is 0 Å². The van der Waals surface area contributed by atoms with Gasteiger partial charge < -0.3 is 9.99 Å². The Morgan fingerprint density at radius 1 is 0.828 bits per heavy atom. The second-order valence-electron chi connectivity index (χ2n) is 7.57. The maximum atomic E-state index is 13.3. The molecular formula is C24H21N3O2. The summed E-state index contributed by atoms with van der Waals surface area (Å²) in [7, 11) is 3.86. The molecule has 0 spiro atoms. The minimum Gasteiger partial charge on any atom is -0.354 e. The van der Waals surface area contributed by atoms with Crippen molar-refractivity contribution in [2.45, 2.75) is 13.3 Å². The van der Waals surface area contributed by atoms with Gasteiger partial charge in [0.05, 0.1) is 27.5 Å². The van der Waals surface area contributed by atoms with Gasteiger partial charge in [0.1, 0.15) is 0 Å². The maximum absolute atomic E-state index is 13.3. The van der Waals surface area contributed by atoms with Crippen LogP contribution < -0.4 is 15.9 Å². The van der Waals surface area contributed by atoms with E-state index in [1.54, 1.807) is 0 Å². The Morgan fingerprint density at radius 2 is 1.55 bits per heavy atom. The van der Waals surface area contributed by atoms with Gasteiger partial charge in [0.25, 0.3) is 0 Å². The van der Waals surface area contributed by atoms with E-state index in [0.717, 1.165) is 28.5 Å². The van der Waals surface area contributed by atoms with Gasteiger partial charge in [0.15, 0.2) is 10.9 Å². The summed E-state index contributed by atoms with van der Waals surface area (Å²) < 4.78 is 1.98. The normalized spacial score (nSPS) is 11.7. The summed E-state index contributed by atoms with van der Waals surface area (Å²) in [6.45, 7) is 2.07. The van der Waals surface area contributed by atoms with E-state index in [0.29, 0.717) is 27.1 Å². The number of para-hydroxylation sites is 2. The Hall–Kier alpha value is -3.60. The van der Waals surface area contributed by atoms with E-state index in [-0.39, 0.29) is 10.9 Å². The van der Waals surface area contributed by atoms with Crippen molar-refractivity contribution in [3.05, 3.63) is 80.6 Å². The first-order chi connectivity index (χ1) is 14.0. The third-order valence-electron chi connectivity index (χ3n) is 5.67. The number of nitrogens with zero attached hydrogens (tertiary/aromatic N) is 2. The van der Waals surface area contributed by atoms with Crippen LogP contribution in [0, 0.1) is 0 Å². The van der Waals surface area contributed by atoms with Crippen LogP contribution in [0.3, 0.4) is 0 Å².